The van der Waals surface area contributed by atoms with Crippen LogP contribution in [0.25, 0.3) is 0 Å². The number of carbonyl (C=O) groups excluding carboxylic acids is 3. The number of piperidine rings is 1. The second-order valence-corrected chi connectivity index (χ2v) is 8.61. The number of hydrogen-bond donors (Lipinski definition) is 2. The van der Waals surface area contributed by atoms with Crippen molar-refractivity contribution in [3.05, 3.63) is 34.9 Å². The molecule has 7 nitrogen and oxygen atoms in total. The number of carbonyl (C=O) groups is 3. The number of fused-ring (bicyclic) bond motifs is 1. The maximum absolute atomic E-state index is 13.0. The molecule has 7 heteroatoms. The zero-order chi connectivity index (χ0) is 19.3. The number of nitrogens with one attached hydrogen (secondary N) is 2. The maximum Gasteiger partial charge on any atom is 0.255 e. The molecule has 28 heavy (non-hydrogen) atoms. The summed E-state index contributed by atoms with van der Waals surface area (Å²) < 4.78 is 0. The molecule has 1 aromatic carbocycles. The van der Waals surface area contributed by atoms with E-state index in [1.807, 2.05) is 12.1 Å². The van der Waals surface area contributed by atoms with Crippen LogP contribution in [-0.2, 0) is 22.7 Å². The molecule has 3 fully saturated rings. The molecule has 1 atom stereocenters. The van der Waals surface area contributed by atoms with Gasteiger partial charge in [-0.2, -0.15) is 0 Å². The van der Waals surface area contributed by atoms with Gasteiger partial charge in [0.05, 0.1) is 0 Å². The van der Waals surface area contributed by atoms with Gasteiger partial charge in [0.2, 0.25) is 11.8 Å². The van der Waals surface area contributed by atoms with Crippen molar-refractivity contribution in [3.8, 4) is 0 Å². The largest absolute Gasteiger partial charge is 0.322 e. The van der Waals surface area contributed by atoms with Crippen LogP contribution in [0.15, 0.2) is 18.2 Å². The average Bonchev–Trinajstić information content (AvgIpc) is 2.99. The van der Waals surface area contributed by atoms with Crippen molar-refractivity contribution in [2.75, 3.05) is 19.6 Å². The summed E-state index contributed by atoms with van der Waals surface area (Å²) in [6, 6.07) is 5.36. The Kier molecular flexibility index (Phi) is 4.25. The molecule has 1 unspecified atom stereocenters. The van der Waals surface area contributed by atoms with Gasteiger partial charge in [-0.3, -0.25) is 24.6 Å². The van der Waals surface area contributed by atoms with E-state index in [9.17, 15) is 14.4 Å². The molecular formula is C21H26N4O3. The van der Waals surface area contributed by atoms with Gasteiger partial charge >= 0.3 is 0 Å². The zero-order valence-electron chi connectivity index (χ0n) is 16.0. The molecule has 3 amide bonds. The molecule has 3 heterocycles. The van der Waals surface area contributed by atoms with Crippen LogP contribution < -0.4 is 10.6 Å². The number of amides is 3. The van der Waals surface area contributed by atoms with E-state index >= 15 is 0 Å². The van der Waals surface area contributed by atoms with E-state index in [0.717, 1.165) is 31.7 Å². The van der Waals surface area contributed by atoms with Gasteiger partial charge < -0.3 is 10.2 Å². The van der Waals surface area contributed by atoms with Crippen LogP contribution in [-0.4, -0.2) is 58.7 Å². The lowest BCUT2D eigenvalue weighted by molar-refractivity contribution is -0.136. The molecule has 0 aromatic heterocycles. The Labute approximate surface area is 164 Å². The first-order chi connectivity index (χ1) is 13.5. The summed E-state index contributed by atoms with van der Waals surface area (Å²) in [4.78, 5) is 40.8. The molecule has 3 aliphatic heterocycles. The molecule has 0 bridgehead atoms. The lowest BCUT2D eigenvalue weighted by Gasteiger charge is -2.49. The Morgan fingerprint density at radius 3 is 2.79 bits per heavy atom. The summed E-state index contributed by atoms with van der Waals surface area (Å²) >= 11 is 0. The highest BCUT2D eigenvalue weighted by Gasteiger charge is 2.42. The van der Waals surface area contributed by atoms with Gasteiger partial charge in [-0.15, -0.1) is 0 Å². The fourth-order valence-electron chi connectivity index (χ4n) is 5.15. The number of benzene rings is 1. The van der Waals surface area contributed by atoms with Gasteiger partial charge in [0, 0.05) is 50.2 Å². The van der Waals surface area contributed by atoms with E-state index < -0.39 is 6.04 Å². The maximum atomic E-state index is 13.0. The highest BCUT2D eigenvalue weighted by molar-refractivity contribution is 6.05. The molecule has 5 rings (SSSR count). The summed E-state index contributed by atoms with van der Waals surface area (Å²) in [7, 11) is 0. The third-order valence-electron chi connectivity index (χ3n) is 6.84. The summed E-state index contributed by atoms with van der Waals surface area (Å²) in [5.74, 6) is -0.704. The minimum absolute atomic E-state index is 0.0953. The first-order valence-electron chi connectivity index (χ1n) is 10.3. The third kappa shape index (κ3) is 2.93. The normalized spacial score (nSPS) is 26.9. The second kappa shape index (κ2) is 6.67. The summed E-state index contributed by atoms with van der Waals surface area (Å²) in [5.41, 5.74) is 3.22. The minimum Gasteiger partial charge on any atom is -0.322 e. The van der Waals surface area contributed by atoms with Crippen LogP contribution in [0.3, 0.4) is 0 Å². The molecule has 1 aromatic rings. The van der Waals surface area contributed by atoms with Crippen molar-refractivity contribution in [3.63, 3.8) is 0 Å². The van der Waals surface area contributed by atoms with Crippen LogP contribution in [0.1, 0.15) is 53.6 Å². The summed E-state index contributed by atoms with van der Waals surface area (Å²) in [6.07, 6.45) is 4.49. The number of piperazine rings is 1. The van der Waals surface area contributed by atoms with Crippen molar-refractivity contribution in [1.82, 2.24) is 20.4 Å². The van der Waals surface area contributed by atoms with E-state index in [1.54, 1.807) is 4.90 Å². The van der Waals surface area contributed by atoms with E-state index in [1.165, 1.54) is 24.8 Å². The van der Waals surface area contributed by atoms with Gasteiger partial charge in [-0.05, 0) is 42.9 Å². The van der Waals surface area contributed by atoms with Crippen LogP contribution in [0, 0.1) is 0 Å². The van der Waals surface area contributed by atoms with Crippen molar-refractivity contribution in [2.45, 2.75) is 56.8 Å². The second-order valence-electron chi connectivity index (χ2n) is 8.61. The van der Waals surface area contributed by atoms with Crippen molar-refractivity contribution in [1.29, 1.82) is 0 Å². The standard InChI is InChI=1S/C21H26N4O3/c26-18-6-5-17(19(27)23-18)25-12-16-14(3-1-4-15(16)20(25)28)11-24-10-9-22-21(13-24)7-2-8-21/h1,3-4,17,22H,2,5-13H2,(H,23,26,27). The Morgan fingerprint density at radius 1 is 1.18 bits per heavy atom. The van der Waals surface area contributed by atoms with E-state index in [-0.39, 0.29) is 24.1 Å². The SMILES string of the molecule is O=C1CCC(N2Cc3c(CN4CCNC5(CCC5)C4)cccc3C2=O)C(=O)N1. The lowest BCUT2D eigenvalue weighted by Crippen LogP contribution is -2.63. The van der Waals surface area contributed by atoms with E-state index in [2.05, 4.69) is 21.6 Å². The zero-order valence-corrected chi connectivity index (χ0v) is 16.0. The Balaban J connectivity index is 1.35. The topological polar surface area (TPSA) is 81.8 Å². The first-order valence-corrected chi connectivity index (χ1v) is 10.3. The number of hydrogen-bond acceptors (Lipinski definition) is 5. The Bertz CT molecular complexity index is 848. The molecule has 4 aliphatic rings. The van der Waals surface area contributed by atoms with Crippen molar-refractivity contribution in [2.24, 2.45) is 0 Å². The van der Waals surface area contributed by atoms with Gasteiger partial charge in [-0.1, -0.05) is 12.1 Å². The number of imide groups is 1. The molecule has 1 saturated carbocycles. The molecule has 148 valence electrons. The van der Waals surface area contributed by atoms with Crippen LogP contribution in [0.2, 0.25) is 0 Å². The van der Waals surface area contributed by atoms with Gasteiger partial charge in [0.15, 0.2) is 0 Å². The van der Waals surface area contributed by atoms with Crippen LogP contribution in [0.5, 0.6) is 0 Å². The predicted molar refractivity (Wildman–Crippen MR) is 102 cm³/mol. The predicted octanol–water partition coefficient (Wildman–Crippen LogP) is 0.776. The smallest absolute Gasteiger partial charge is 0.255 e. The highest BCUT2D eigenvalue weighted by atomic mass is 16.2. The average molecular weight is 382 g/mol. The molecule has 0 radical (unpaired) electrons. The van der Waals surface area contributed by atoms with Crippen molar-refractivity contribution >= 4 is 17.7 Å². The molecule has 1 aliphatic carbocycles. The summed E-state index contributed by atoms with van der Waals surface area (Å²) in [6.45, 7) is 4.37. The Hall–Kier alpha value is -2.25. The molecule has 1 spiro atoms. The highest BCUT2D eigenvalue weighted by Crippen LogP contribution is 2.35. The van der Waals surface area contributed by atoms with Crippen LogP contribution in [0.4, 0.5) is 0 Å². The van der Waals surface area contributed by atoms with Gasteiger partial charge in [0.1, 0.15) is 6.04 Å². The lowest BCUT2D eigenvalue weighted by atomic mass is 9.75. The van der Waals surface area contributed by atoms with E-state index in [0.29, 0.717) is 24.1 Å². The quantitative estimate of drug-likeness (QED) is 0.755. The van der Waals surface area contributed by atoms with Gasteiger partial charge in [0.25, 0.3) is 5.91 Å². The molecule has 2 saturated heterocycles. The fraction of sp³-hybridized carbons (Fsp3) is 0.571. The van der Waals surface area contributed by atoms with Crippen LogP contribution >= 0.6 is 0 Å². The monoisotopic (exact) mass is 382 g/mol. The number of rotatable bonds is 3. The fourth-order valence-corrected chi connectivity index (χ4v) is 5.15. The number of nitrogens with zero attached hydrogens (tertiary/aromatic N) is 2. The molecule has 2 N–H and O–H groups in total. The third-order valence-corrected chi connectivity index (χ3v) is 6.84. The van der Waals surface area contributed by atoms with Gasteiger partial charge in [-0.25, -0.2) is 0 Å². The molecular weight excluding hydrogens is 356 g/mol. The Morgan fingerprint density at radius 2 is 2.04 bits per heavy atom. The van der Waals surface area contributed by atoms with E-state index in [4.69, 9.17) is 0 Å². The minimum atomic E-state index is -0.553. The summed E-state index contributed by atoms with van der Waals surface area (Å²) in [5, 5.41) is 6.06. The van der Waals surface area contributed by atoms with Crippen molar-refractivity contribution < 1.29 is 14.4 Å². The first kappa shape index (κ1) is 17.8.